The summed E-state index contributed by atoms with van der Waals surface area (Å²) in [5.41, 5.74) is 1.28. The molecule has 0 amide bonds. The van der Waals surface area contributed by atoms with Gasteiger partial charge in [0.1, 0.15) is 0 Å². The van der Waals surface area contributed by atoms with Gasteiger partial charge in [0.15, 0.2) is 0 Å². The maximum Gasteiger partial charge on any atom is 0.490 e. The van der Waals surface area contributed by atoms with E-state index in [0.717, 1.165) is 25.1 Å². The average Bonchev–Trinajstić information content (AvgIpc) is 2.71. The molecule has 2 heterocycles. The minimum Gasteiger partial charge on any atom is -0.423 e. The van der Waals surface area contributed by atoms with Crippen LogP contribution in [0.5, 0.6) is 0 Å². The number of nitrogens with zero attached hydrogens (tertiary/aromatic N) is 1. The second-order valence-corrected chi connectivity index (χ2v) is 3.39. The molecule has 2 N–H and O–H groups in total. The van der Waals surface area contributed by atoms with Gasteiger partial charge in [0.05, 0.1) is 11.8 Å². The molecule has 5 heteroatoms. The SMILES string of the molecule is OB(O)c1ccc(C2CCCO2)nc1. The summed E-state index contributed by atoms with van der Waals surface area (Å²) in [5, 5.41) is 17.7. The van der Waals surface area contributed by atoms with Crippen LogP contribution in [0.3, 0.4) is 0 Å². The topological polar surface area (TPSA) is 62.6 Å². The van der Waals surface area contributed by atoms with Crippen molar-refractivity contribution in [3.63, 3.8) is 0 Å². The van der Waals surface area contributed by atoms with Gasteiger partial charge in [-0.1, -0.05) is 6.07 Å². The van der Waals surface area contributed by atoms with E-state index in [0.29, 0.717) is 5.46 Å². The molecule has 2 rings (SSSR count). The Kier molecular flexibility index (Phi) is 2.81. The Balaban J connectivity index is 2.12. The highest BCUT2D eigenvalue weighted by molar-refractivity contribution is 6.58. The molecule has 0 bridgehead atoms. The number of pyridine rings is 1. The molecule has 14 heavy (non-hydrogen) atoms. The monoisotopic (exact) mass is 193 g/mol. The normalized spacial score (nSPS) is 21.1. The quantitative estimate of drug-likeness (QED) is 0.628. The first-order chi connectivity index (χ1) is 6.77. The van der Waals surface area contributed by atoms with Gasteiger partial charge >= 0.3 is 7.12 Å². The van der Waals surface area contributed by atoms with E-state index in [4.69, 9.17) is 14.8 Å². The minimum absolute atomic E-state index is 0.0832. The highest BCUT2D eigenvalue weighted by atomic mass is 16.5. The lowest BCUT2D eigenvalue weighted by molar-refractivity contribution is 0.108. The number of hydrogen-bond acceptors (Lipinski definition) is 4. The maximum atomic E-state index is 8.86. The Morgan fingerprint density at radius 3 is 2.79 bits per heavy atom. The van der Waals surface area contributed by atoms with Crippen molar-refractivity contribution in [2.75, 3.05) is 6.61 Å². The van der Waals surface area contributed by atoms with Gasteiger partial charge in [-0.2, -0.15) is 0 Å². The predicted octanol–water partition coefficient (Wildman–Crippen LogP) is -0.387. The summed E-state index contributed by atoms with van der Waals surface area (Å²) in [4.78, 5) is 4.14. The fourth-order valence-corrected chi connectivity index (χ4v) is 1.57. The van der Waals surface area contributed by atoms with Gasteiger partial charge in [-0.3, -0.25) is 4.98 Å². The van der Waals surface area contributed by atoms with Crippen LogP contribution in [0.15, 0.2) is 18.3 Å². The third-order valence-electron chi connectivity index (χ3n) is 2.37. The second-order valence-electron chi connectivity index (χ2n) is 3.39. The van der Waals surface area contributed by atoms with Crippen LogP contribution in [0.1, 0.15) is 24.6 Å². The summed E-state index contributed by atoms with van der Waals surface area (Å²) in [6.45, 7) is 0.788. The summed E-state index contributed by atoms with van der Waals surface area (Å²) in [6.07, 6.45) is 3.62. The summed E-state index contributed by atoms with van der Waals surface area (Å²) >= 11 is 0. The Hall–Kier alpha value is -0.905. The molecule has 74 valence electrons. The molecule has 1 fully saturated rings. The van der Waals surface area contributed by atoms with Crippen molar-refractivity contribution in [1.82, 2.24) is 4.98 Å². The first-order valence-electron chi connectivity index (χ1n) is 4.71. The van der Waals surface area contributed by atoms with E-state index < -0.39 is 7.12 Å². The van der Waals surface area contributed by atoms with E-state index in [-0.39, 0.29) is 6.10 Å². The summed E-state index contributed by atoms with van der Waals surface area (Å²) in [7, 11) is -1.44. The smallest absolute Gasteiger partial charge is 0.423 e. The molecule has 0 radical (unpaired) electrons. The van der Waals surface area contributed by atoms with Crippen LogP contribution in [-0.2, 0) is 4.74 Å². The fourth-order valence-electron chi connectivity index (χ4n) is 1.57. The largest absolute Gasteiger partial charge is 0.490 e. The van der Waals surface area contributed by atoms with Crippen molar-refractivity contribution >= 4 is 12.6 Å². The second kappa shape index (κ2) is 4.08. The van der Waals surface area contributed by atoms with Gasteiger partial charge in [-0.15, -0.1) is 0 Å². The lowest BCUT2D eigenvalue weighted by Gasteiger charge is -2.08. The first kappa shape index (κ1) is 9.64. The van der Waals surface area contributed by atoms with Crippen molar-refractivity contribution < 1.29 is 14.8 Å². The molecule has 1 aliphatic rings. The van der Waals surface area contributed by atoms with Crippen molar-refractivity contribution in [2.45, 2.75) is 18.9 Å². The highest BCUT2D eigenvalue weighted by Gasteiger charge is 2.19. The van der Waals surface area contributed by atoms with Crippen molar-refractivity contribution in [1.29, 1.82) is 0 Å². The third-order valence-corrected chi connectivity index (χ3v) is 2.37. The standard InChI is InChI=1S/C9H12BNO3/c12-10(13)7-3-4-8(11-6-7)9-2-1-5-14-9/h3-4,6,9,12-13H,1-2,5H2. The molecule has 0 spiro atoms. The summed E-state index contributed by atoms with van der Waals surface area (Å²) < 4.78 is 5.45. The zero-order valence-electron chi connectivity index (χ0n) is 7.76. The lowest BCUT2D eigenvalue weighted by atomic mass is 9.81. The Morgan fingerprint density at radius 2 is 2.29 bits per heavy atom. The molecular formula is C9H12BNO3. The Labute approximate surface area is 82.7 Å². The molecule has 0 aromatic carbocycles. The van der Waals surface area contributed by atoms with Crippen LogP contribution < -0.4 is 5.46 Å². The zero-order chi connectivity index (χ0) is 9.97. The molecule has 1 atom stereocenters. The van der Waals surface area contributed by atoms with Gasteiger partial charge in [0.25, 0.3) is 0 Å². The number of ether oxygens (including phenoxy) is 1. The van der Waals surface area contributed by atoms with Crippen LogP contribution in [0.4, 0.5) is 0 Å². The van der Waals surface area contributed by atoms with E-state index in [1.54, 1.807) is 12.1 Å². The van der Waals surface area contributed by atoms with E-state index in [9.17, 15) is 0 Å². The molecule has 4 nitrogen and oxygen atoms in total. The maximum absolute atomic E-state index is 8.86. The Bertz CT molecular complexity index is 295. The Morgan fingerprint density at radius 1 is 1.43 bits per heavy atom. The minimum atomic E-state index is -1.44. The zero-order valence-corrected chi connectivity index (χ0v) is 7.76. The van der Waals surface area contributed by atoms with Crippen LogP contribution in [-0.4, -0.2) is 28.8 Å². The van der Waals surface area contributed by atoms with Crippen LogP contribution in [0.2, 0.25) is 0 Å². The predicted molar refractivity (Wildman–Crippen MR) is 52.0 cm³/mol. The van der Waals surface area contributed by atoms with E-state index in [1.165, 1.54) is 6.20 Å². The first-order valence-corrected chi connectivity index (χ1v) is 4.71. The van der Waals surface area contributed by atoms with Crippen molar-refractivity contribution in [3.05, 3.63) is 24.0 Å². The van der Waals surface area contributed by atoms with E-state index >= 15 is 0 Å². The van der Waals surface area contributed by atoms with Gasteiger partial charge in [-0.05, 0) is 18.9 Å². The number of aromatic nitrogens is 1. The summed E-state index contributed by atoms with van der Waals surface area (Å²) in [5.74, 6) is 0. The van der Waals surface area contributed by atoms with Gasteiger partial charge in [0, 0.05) is 18.3 Å². The van der Waals surface area contributed by atoms with Gasteiger partial charge in [-0.25, -0.2) is 0 Å². The summed E-state index contributed by atoms with van der Waals surface area (Å²) in [6, 6.07) is 3.44. The molecule has 1 aromatic rings. The molecule has 1 aliphatic heterocycles. The van der Waals surface area contributed by atoms with Gasteiger partial charge < -0.3 is 14.8 Å². The van der Waals surface area contributed by atoms with Crippen LogP contribution >= 0.6 is 0 Å². The number of hydrogen-bond donors (Lipinski definition) is 2. The molecule has 1 unspecified atom stereocenters. The lowest BCUT2D eigenvalue weighted by Crippen LogP contribution is -2.30. The molecule has 0 aliphatic carbocycles. The number of rotatable bonds is 2. The molecular weight excluding hydrogens is 181 g/mol. The molecule has 1 aromatic heterocycles. The van der Waals surface area contributed by atoms with Crippen LogP contribution in [0.25, 0.3) is 0 Å². The van der Waals surface area contributed by atoms with Crippen molar-refractivity contribution in [2.24, 2.45) is 0 Å². The van der Waals surface area contributed by atoms with Gasteiger partial charge in [0.2, 0.25) is 0 Å². The van der Waals surface area contributed by atoms with E-state index in [1.807, 2.05) is 0 Å². The molecule has 0 saturated carbocycles. The highest BCUT2D eigenvalue weighted by Crippen LogP contribution is 2.26. The van der Waals surface area contributed by atoms with Crippen LogP contribution in [0, 0.1) is 0 Å². The van der Waals surface area contributed by atoms with Crippen molar-refractivity contribution in [3.8, 4) is 0 Å². The third kappa shape index (κ3) is 1.95. The van der Waals surface area contributed by atoms with E-state index in [2.05, 4.69) is 4.98 Å². The average molecular weight is 193 g/mol. The molecule has 1 saturated heterocycles. The fraction of sp³-hybridized carbons (Fsp3) is 0.444.